The molecule has 0 amide bonds. The van der Waals surface area contributed by atoms with Crippen LogP contribution in [0, 0.1) is 13.8 Å². The Morgan fingerprint density at radius 1 is 1.21 bits per heavy atom. The average molecular weight is 378 g/mol. The van der Waals surface area contributed by atoms with E-state index >= 15 is 0 Å². The number of benzene rings is 1. The Hall–Kier alpha value is -2.57. The van der Waals surface area contributed by atoms with Crippen molar-refractivity contribution in [3.8, 4) is 17.0 Å². The Kier molecular flexibility index (Phi) is 5.24. The molecule has 1 aliphatic rings. The largest absolute Gasteiger partial charge is 0.496 e. The van der Waals surface area contributed by atoms with E-state index in [1.165, 1.54) is 0 Å². The van der Waals surface area contributed by atoms with Crippen molar-refractivity contribution in [2.24, 2.45) is 0 Å². The van der Waals surface area contributed by atoms with Gasteiger partial charge in [-0.1, -0.05) is 6.07 Å². The molecule has 1 fully saturated rings. The Morgan fingerprint density at radius 3 is 2.79 bits per heavy atom. The molecule has 1 aromatic carbocycles. The molecule has 6 nitrogen and oxygen atoms in total. The Bertz CT molecular complexity index is 1010. The normalized spacial score (nSPS) is 17.1. The van der Waals surface area contributed by atoms with E-state index in [0.29, 0.717) is 17.1 Å². The molecule has 28 heavy (non-hydrogen) atoms. The van der Waals surface area contributed by atoms with Gasteiger partial charge in [0, 0.05) is 29.8 Å². The van der Waals surface area contributed by atoms with Crippen molar-refractivity contribution in [1.82, 2.24) is 20.3 Å². The number of rotatable bonds is 4. The Balaban J connectivity index is 1.88. The van der Waals surface area contributed by atoms with Gasteiger partial charge < -0.3 is 15.2 Å². The van der Waals surface area contributed by atoms with E-state index in [1.54, 1.807) is 7.11 Å². The molecule has 0 radical (unpaired) electrons. The molecule has 1 aliphatic heterocycles. The van der Waals surface area contributed by atoms with E-state index in [-0.39, 0.29) is 6.61 Å². The summed E-state index contributed by atoms with van der Waals surface area (Å²) in [5.74, 6) is 1.12. The van der Waals surface area contributed by atoms with Crippen molar-refractivity contribution in [3.05, 3.63) is 46.8 Å². The minimum Gasteiger partial charge on any atom is -0.496 e. The van der Waals surface area contributed by atoms with Crippen molar-refractivity contribution < 1.29 is 9.84 Å². The van der Waals surface area contributed by atoms with Crippen LogP contribution in [0.25, 0.3) is 22.4 Å². The van der Waals surface area contributed by atoms with Crippen LogP contribution in [0.3, 0.4) is 0 Å². The van der Waals surface area contributed by atoms with Crippen molar-refractivity contribution in [3.63, 3.8) is 0 Å². The molecule has 0 spiro atoms. The number of aliphatic hydroxyl groups excluding tert-OH is 1. The van der Waals surface area contributed by atoms with Gasteiger partial charge in [-0.25, -0.2) is 9.97 Å². The molecule has 2 aromatic heterocycles. The minimum atomic E-state index is -0.113. The zero-order valence-electron chi connectivity index (χ0n) is 16.6. The molecule has 6 heteroatoms. The number of nitrogens with one attached hydrogen (secondary N) is 1. The van der Waals surface area contributed by atoms with Gasteiger partial charge in [0.05, 0.1) is 25.1 Å². The number of pyridine rings is 1. The highest BCUT2D eigenvalue weighted by Crippen LogP contribution is 2.35. The maximum atomic E-state index is 9.93. The van der Waals surface area contributed by atoms with Gasteiger partial charge in [-0.3, -0.25) is 4.98 Å². The molecule has 0 unspecified atom stereocenters. The lowest BCUT2D eigenvalue weighted by molar-refractivity contribution is 0.283. The van der Waals surface area contributed by atoms with Crippen LogP contribution in [-0.2, 0) is 6.61 Å². The van der Waals surface area contributed by atoms with Gasteiger partial charge in [0.15, 0.2) is 5.65 Å². The quantitative estimate of drug-likeness (QED) is 0.725. The lowest BCUT2D eigenvalue weighted by Crippen LogP contribution is -2.29. The third-order valence-electron chi connectivity index (χ3n) is 5.42. The van der Waals surface area contributed by atoms with Crippen molar-refractivity contribution in [2.75, 3.05) is 20.2 Å². The first-order valence-corrected chi connectivity index (χ1v) is 9.74. The van der Waals surface area contributed by atoms with Crippen molar-refractivity contribution >= 4 is 11.2 Å². The second-order valence-electron chi connectivity index (χ2n) is 7.49. The first-order valence-electron chi connectivity index (χ1n) is 9.74. The number of methoxy groups -OCH3 is 1. The molecular formula is C22H26N4O2. The van der Waals surface area contributed by atoms with Crippen LogP contribution in [0.2, 0.25) is 0 Å². The molecule has 1 saturated heterocycles. The monoisotopic (exact) mass is 378 g/mol. The summed E-state index contributed by atoms with van der Waals surface area (Å²) in [5, 5.41) is 13.4. The molecule has 3 heterocycles. The molecule has 2 N–H and O–H groups in total. The van der Waals surface area contributed by atoms with E-state index < -0.39 is 0 Å². The van der Waals surface area contributed by atoms with E-state index in [2.05, 4.69) is 16.4 Å². The molecule has 0 aliphatic carbocycles. The summed E-state index contributed by atoms with van der Waals surface area (Å²) in [6, 6.07) is 6.00. The molecule has 146 valence electrons. The first-order chi connectivity index (χ1) is 13.6. The summed E-state index contributed by atoms with van der Waals surface area (Å²) in [5.41, 5.74) is 6.80. The second kappa shape index (κ2) is 7.81. The summed E-state index contributed by atoms with van der Waals surface area (Å²) in [7, 11) is 1.67. The van der Waals surface area contributed by atoms with E-state index in [0.717, 1.165) is 65.3 Å². The fourth-order valence-corrected chi connectivity index (χ4v) is 4.04. The van der Waals surface area contributed by atoms with Gasteiger partial charge in [0.25, 0.3) is 0 Å². The van der Waals surface area contributed by atoms with E-state index in [1.807, 2.05) is 32.2 Å². The fraction of sp³-hybridized carbons (Fsp3) is 0.409. The van der Waals surface area contributed by atoms with Crippen LogP contribution in [0.5, 0.6) is 5.75 Å². The molecule has 3 aromatic rings. The van der Waals surface area contributed by atoms with Crippen LogP contribution in [-0.4, -0.2) is 40.3 Å². The number of aromatic nitrogens is 3. The topological polar surface area (TPSA) is 80.2 Å². The third-order valence-corrected chi connectivity index (χ3v) is 5.42. The number of hydrogen-bond donors (Lipinski definition) is 2. The van der Waals surface area contributed by atoms with Crippen molar-refractivity contribution in [1.29, 1.82) is 0 Å². The highest BCUT2D eigenvalue weighted by Gasteiger charge is 2.20. The minimum absolute atomic E-state index is 0.113. The Labute approximate surface area is 165 Å². The summed E-state index contributed by atoms with van der Waals surface area (Å²) in [6.07, 6.45) is 4.07. The second-order valence-corrected chi connectivity index (χ2v) is 7.49. The Morgan fingerprint density at radius 2 is 2.07 bits per heavy atom. The van der Waals surface area contributed by atoms with Gasteiger partial charge in [-0.05, 0) is 56.5 Å². The molecule has 0 saturated carbocycles. The molecule has 1 atom stereocenters. The summed E-state index contributed by atoms with van der Waals surface area (Å²) in [6.45, 7) is 5.95. The summed E-state index contributed by atoms with van der Waals surface area (Å²) >= 11 is 0. The lowest BCUT2D eigenvalue weighted by Gasteiger charge is -2.22. The summed E-state index contributed by atoms with van der Waals surface area (Å²) < 4.78 is 5.62. The zero-order valence-corrected chi connectivity index (χ0v) is 16.6. The maximum Gasteiger partial charge on any atom is 0.179 e. The van der Waals surface area contributed by atoms with Crippen LogP contribution >= 0.6 is 0 Å². The predicted molar refractivity (Wildman–Crippen MR) is 110 cm³/mol. The lowest BCUT2D eigenvalue weighted by atomic mass is 9.96. The number of aliphatic hydroxyl groups is 1. The standard InChI is InChI=1S/C22H26N4O2/c1-13-7-14(2)20(19(8-13)28-3)17-9-16(12-27)21-22(25-17)26-18(11-24-21)15-5-4-6-23-10-15/h7-9,11,15,23,27H,4-6,10,12H2,1-3H3/t15-/m1/s1. The number of nitrogens with zero attached hydrogens (tertiary/aromatic N) is 3. The van der Waals surface area contributed by atoms with Gasteiger partial charge in [-0.15, -0.1) is 0 Å². The molecule has 4 rings (SSSR count). The van der Waals surface area contributed by atoms with Crippen LogP contribution in [0.1, 0.15) is 41.1 Å². The van der Waals surface area contributed by atoms with Gasteiger partial charge >= 0.3 is 0 Å². The predicted octanol–water partition coefficient (Wildman–Crippen LogP) is 3.28. The number of piperidine rings is 1. The van der Waals surface area contributed by atoms with Crippen LogP contribution in [0.4, 0.5) is 0 Å². The van der Waals surface area contributed by atoms with Crippen LogP contribution in [0.15, 0.2) is 24.4 Å². The highest BCUT2D eigenvalue weighted by molar-refractivity contribution is 5.81. The average Bonchev–Trinajstić information content (AvgIpc) is 2.72. The van der Waals surface area contributed by atoms with Crippen LogP contribution < -0.4 is 10.1 Å². The van der Waals surface area contributed by atoms with Gasteiger partial charge in [0.1, 0.15) is 11.3 Å². The first kappa shape index (κ1) is 18.8. The fourth-order valence-electron chi connectivity index (χ4n) is 4.04. The molecular weight excluding hydrogens is 352 g/mol. The SMILES string of the molecule is COc1cc(C)cc(C)c1-c1cc(CO)c2ncc([C@@H]3CCCNC3)nc2n1. The molecule has 0 bridgehead atoms. The van der Waals surface area contributed by atoms with Gasteiger partial charge in [0.2, 0.25) is 0 Å². The number of ether oxygens (including phenoxy) is 1. The maximum absolute atomic E-state index is 9.93. The van der Waals surface area contributed by atoms with E-state index in [4.69, 9.17) is 14.7 Å². The number of hydrogen-bond acceptors (Lipinski definition) is 6. The highest BCUT2D eigenvalue weighted by atomic mass is 16.5. The van der Waals surface area contributed by atoms with Gasteiger partial charge in [-0.2, -0.15) is 0 Å². The third kappa shape index (κ3) is 3.45. The number of fused-ring (bicyclic) bond motifs is 1. The number of aryl methyl sites for hydroxylation is 2. The zero-order chi connectivity index (χ0) is 19.7. The smallest absolute Gasteiger partial charge is 0.179 e. The van der Waals surface area contributed by atoms with Crippen molar-refractivity contribution in [2.45, 2.75) is 39.2 Å². The van der Waals surface area contributed by atoms with E-state index in [9.17, 15) is 5.11 Å². The summed E-state index contributed by atoms with van der Waals surface area (Å²) in [4.78, 5) is 14.3.